The zero-order chi connectivity index (χ0) is 34.5. The van der Waals surface area contributed by atoms with Gasteiger partial charge in [-0.3, -0.25) is 9.97 Å². The monoisotopic (exact) mass is 654 g/mol. The molecule has 3 heterocycles. The van der Waals surface area contributed by atoms with E-state index >= 15 is 0 Å². The van der Waals surface area contributed by atoms with Crippen LogP contribution in [0.5, 0.6) is 0 Å². The van der Waals surface area contributed by atoms with Crippen molar-refractivity contribution in [2.75, 3.05) is 10.6 Å². The lowest BCUT2D eigenvalue weighted by Crippen LogP contribution is -2.08. The van der Waals surface area contributed by atoms with Gasteiger partial charge in [0.1, 0.15) is 22.8 Å². The Balaban J connectivity index is 1.37. The van der Waals surface area contributed by atoms with E-state index in [1.165, 1.54) is 0 Å². The van der Waals surface area contributed by atoms with E-state index in [-0.39, 0.29) is 0 Å². The second-order valence-electron chi connectivity index (χ2n) is 11.7. The zero-order valence-corrected chi connectivity index (χ0v) is 28.1. The molecule has 0 spiro atoms. The van der Waals surface area contributed by atoms with E-state index in [0.29, 0.717) is 34.2 Å². The summed E-state index contributed by atoms with van der Waals surface area (Å²) < 4.78 is 0. The second kappa shape index (κ2) is 14.2. The van der Waals surface area contributed by atoms with Gasteiger partial charge in [-0.1, -0.05) is 60.7 Å². The van der Waals surface area contributed by atoms with Crippen molar-refractivity contribution >= 4 is 67.4 Å². The van der Waals surface area contributed by atoms with Gasteiger partial charge in [-0.2, -0.15) is 0 Å². The first kappa shape index (κ1) is 31.9. The molecular weight excluding hydrogens is 621 g/mol. The molecule has 10 nitrogen and oxygen atoms in total. The number of rotatable bonds is 4. The van der Waals surface area contributed by atoms with Gasteiger partial charge in [-0.15, -0.1) is 20.5 Å². The van der Waals surface area contributed by atoms with Crippen molar-refractivity contribution in [2.24, 2.45) is 30.4 Å². The zero-order valence-electron chi connectivity index (χ0n) is 28.1. The molecule has 0 atom stereocenters. The molecule has 6 aromatic rings. The van der Waals surface area contributed by atoms with E-state index in [4.69, 9.17) is 20.2 Å². The van der Waals surface area contributed by atoms with Crippen molar-refractivity contribution in [3.63, 3.8) is 0 Å². The summed E-state index contributed by atoms with van der Waals surface area (Å²) in [6, 6.07) is 35.3. The van der Waals surface area contributed by atoms with Crippen LogP contribution in [0.25, 0.3) is 21.8 Å². The highest BCUT2D eigenvalue weighted by atomic mass is 15.1. The SMILES string of the molecule is CC1=Nc2ccccc2N/C(C)=C(/N=Nc2cccc3cccnc23)C(C)=Nc2ccccc2N/C(C)=C\1N=Nc1cccc2cccnc12. The molecule has 2 aromatic heterocycles. The maximum atomic E-state index is 5.07. The molecule has 10 heteroatoms. The van der Waals surface area contributed by atoms with E-state index in [2.05, 4.69) is 30.8 Å². The van der Waals surface area contributed by atoms with Crippen molar-refractivity contribution in [2.45, 2.75) is 27.7 Å². The molecule has 0 amide bonds. The van der Waals surface area contributed by atoms with Crippen LogP contribution < -0.4 is 10.6 Å². The molecule has 0 saturated carbocycles. The molecule has 1 aliphatic heterocycles. The number of allylic oxidation sites excluding steroid dienone is 4. The highest BCUT2D eigenvalue weighted by Crippen LogP contribution is 2.33. The molecule has 50 heavy (non-hydrogen) atoms. The molecule has 7 rings (SSSR count). The summed E-state index contributed by atoms with van der Waals surface area (Å²) in [7, 11) is 0. The minimum absolute atomic E-state index is 0.589. The fourth-order valence-electron chi connectivity index (χ4n) is 5.73. The third-order valence-electron chi connectivity index (χ3n) is 8.16. The van der Waals surface area contributed by atoms with E-state index in [1.54, 1.807) is 12.4 Å². The lowest BCUT2D eigenvalue weighted by Gasteiger charge is -2.16. The summed E-state index contributed by atoms with van der Waals surface area (Å²) in [5.41, 5.74) is 9.91. The largest absolute Gasteiger partial charge is 0.355 e. The van der Waals surface area contributed by atoms with Gasteiger partial charge in [0, 0.05) is 34.6 Å². The molecular formula is C40H34N10. The van der Waals surface area contributed by atoms with Crippen LogP contribution in [-0.2, 0) is 0 Å². The Labute approximate surface area is 289 Å². The van der Waals surface area contributed by atoms with E-state index in [9.17, 15) is 0 Å². The maximum absolute atomic E-state index is 5.07. The van der Waals surface area contributed by atoms with Crippen molar-refractivity contribution in [1.29, 1.82) is 0 Å². The third kappa shape index (κ3) is 6.81. The normalized spacial score (nSPS) is 17.1. The Morgan fingerprint density at radius 1 is 0.440 bits per heavy atom. The van der Waals surface area contributed by atoms with E-state index in [1.807, 2.05) is 137 Å². The van der Waals surface area contributed by atoms with Crippen molar-refractivity contribution in [1.82, 2.24) is 9.97 Å². The van der Waals surface area contributed by atoms with Gasteiger partial charge < -0.3 is 10.6 Å². The van der Waals surface area contributed by atoms with Crippen molar-refractivity contribution < 1.29 is 0 Å². The molecule has 4 aromatic carbocycles. The first-order valence-corrected chi connectivity index (χ1v) is 16.2. The minimum atomic E-state index is 0.589. The number of aromatic nitrogens is 2. The quantitative estimate of drug-likeness (QED) is 0.183. The van der Waals surface area contributed by atoms with Gasteiger partial charge in [0.05, 0.1) is 45.2 Å². The number of pyridine rings is 2. The predicted molar refractivity (Wildman–Crippen MR) is 204 cm³/mol. The summed E-state index contributed by atoms with van der Waals surface area (Å²) in [5.74, 6) is 0. The lowest BCUT2D eigenvalue weighted by molar-refractivity contribution is 1.13. The summed E-state index contributed by atoms with van der Waals surface area (Å²) >= 11 is 0. The number of anilines is 2. The van der Waals surface area contributed by atoms with Crippen molar-refractivity contribution in [3.05, 3.63) is 144 Å². The summed E-state index contributed by atoms with van der Waals surface area (Å²) in [5, 5.41) is 28.0. The molecule has 0 aliphatic carbocycles. The number of aliphatic imine (C=N–C) groups is 2. The Hall–Kier alpha value is -6.68. The number of nitrogens with one attached hydrogen (secondary N) is 2. The molecule has 0 unspecified atom stereocenters. The molecule has 1 aliphatic rings. The van der Waals surface area contributed by atoms with Crippen LogP contribution in [-0.4, -0.2) is 21.4 Å². The summed E-state index contributed by atoms with van der Waals surface area (Å²) in [4.78, 5) is 19.2. The van der Waals surface area contributed by atoms with E-state index in [0.717, 1.165) is 55.9 Å². The molecule has 0 fully saturated rings. The topological polar surface area (TPSA) is 124 Å². The smallest absolute Gasteiger partial charge is 0.126 e. The lowest BCUT2D eigenvalue weighted by atomic mass is 10.2. The summed E-state index contributed by atoms with van der Waals surface area (Å²) in [6.07, 6.45) is 3.52. The first-order chi connectivity index (χ1) is 24.4. The molecule has 0 bridgehead atoms. The van der Waals surface area contributed by atoms with Gasteiger partial charge in [-0.25, -0.2) is 9.98 Å². The Kier molecular flexibility index (Phi) is 9.06. The van der Waals surface area contributed by atoms with Crippen LogP contribution >= 0.6 is 0 Å². The fraction of sp³-hybridized carbons (Fsp3) is 0.100. The van der Waals surface area contributed by atoms with Gasteiger partial charge in [0.15, 0.2) is 0 Å². The number of para-hydroxylation sites is 6. The number of azo groups is 2. The van der Waals surface area contributed by atoms with Crippen LogP contribution in [0.2, 0.25) is 0 Å². The second-order valence-corrected chi connectivity index (χ2v) is 11.7. The maximum Gasteiger partial charge on any atom is 0.126 e. The fourth-order valence-corrected chi connectivity index (χ4v) is 5.73. The van der Waals surface area contributed by atoms with Crippen LogP contribution in [0, 0.1) is 0 Å². The molecule has 0 saturated heterocycles. The highest BCUT2D eigenvalue weighted by molar-refractivity contribution is 6.03. The van der Waals surface area contributed by atoms with Gasteiger partial charge >= 0.3 is 0 Å². The number of hydrogen-bond acceptors (Lipinski definition) is 10. The molecule has 244 valence electrons. The van der Waals surface area contributed by atoms with Crippen molar-refractivity contribution in [3.8, 4) is 0 Å². The number of nitrogens with zero attached hydrogens (tertiary/aromatic N) is 8. The van der Waals surface area contributed by atoms with Crippen LogP contribution in [0.3, 0.4) is 0 Å². The first-order valence-electron chi connectivity index (χ1n) is 16.2. The number of fused-ring (bicyclic) bond motifs is 4. The Bertz CT molecular complexity index is 2250. The van der Waals surface area contributed by atoms with Gasteiger partial charge in [0.2, 0.25) is 0 Å². The third-order valence-corrected chi connectivity index (χ3v) is 8.16. The summed E-state index contributed by atoms with van der Waals surface area (Å²) in [6.45, 7) is 7.77. The minimum Gasteiger partial charge on any atom is -0.355 e. The predicted octanol–water partition coefficient (Wildman–Crippen LogP) is 11.5. The van der Waals surface area contributed by atoms with Gasteiger partial charge in [-0.05, 0) is 76.2 Å². The average molecular weight is 655 g/mol. The van der Waals surface area contributed by atoms with Crippen LogP contribution in [0.1, 0.15) is 27.7 Å². The average Bonchev–Trinajstić information content (AvgIpc) is 3.13. The Morgan fingerprint density at radius 3 is 1.32 bits per heavy atom. The number of hydrogen-bond donors (Lipinski definition) is 2. The van der Waals surface area contributed by atoms with Gasteiger partial charge in [0.25, 0.3) is 0 Å². The standard InChI is InChI=1S/C40H34N10/c1-25-37(49-47-35-21-9-13-29-15-11-23-41-39(29)35)26(2)44-33-19-7-8-20-34(33)46-28(4)38(27(3)45-32-18-6-5-17-31(32)43-25)50-48-36-22-10-14-30-16-12-24-42-40(30)36/h5-24,43,46H,1-4H3/b37-25+,38-28+,44-26?,45-27?,49-47?,50-48?. The number of benzene rings is 4. The van der Waals surface area contributed by atoms with Crippen LogP contribution in [0.15, 0.2) is 175 Å². The highest BCUT2D eigenvalue weighted by Gasteiger charge is 2.15. The van der Waals surface area contributed by atoms with Crippen LogP contribution in [0.4, 0.5) is 34.1 Å². The van der Waals surface area contributed by atoms with E-state index < -0.39 is 0 Å². The Morgan fingerprint density at radius 2 is 0.860 bits per heavy atom. The molecule has 0 radical (unpaired) electrons. The molecule has 2 N–H and O–H groups in total.